The minimum Gasteiger partial charge on any atom is -0.391 e. The topological polar surface area (TPSA) is 104 Å². The summed E-state index contributed by atoms with van der Waals surface area (Å²) in [6, 6.07) is -0.974. The largest absolute Gasteiger partial charge is 0.391 e. The molecule has 2 unspecified atom stereocenters. The van der Waals surface area contributed by atoms with Gasteiger partial charge in [-0.05, 0) is 51.4 Å². The van der Waals surface area contributed by atoms with E-state index in [1.54, 1.807) is 0 Å². The summed E-state index contributed by atoms with van der Waals surface area (Å²) in [6.45, 7) is 4.41. The summed E-state index contributed by atoms with van der Waals surface area (Å²) in [5, 5.41) is 13.4. The SMILES string of the molecule is CC/C=C\C/C=C\C/C=C\C/C=C\CCCCCCCCCCCCC(=O)NC(CS(=O)(=O)O)C(O)CCCCCCCCCCCCCCCC. The lowest BCUT2D eigenvalue weighted by atomic mass is 10.0. The fourth-order valence-electron chi connectivity index (χ4n) is 6.56. The highest BCUT2D eigenvalue weighted by Gasteiger charge is 2.26. The van der Waals surface area contributed by atoms with Crippen molar-refractivity contribution < 1.29 is 22.9 Å². The lowest BCUT2D eigenvalue weighted by Gasteiger charge is -2.23. The number of carbonyl (C=O) groups excluding carboxylic acids is 1. The van der Waals surface area contributed by atoms with E-state index in [0.717, 1.165) is 64.2 Å². The number of aliphatic hydroxyl groups is 1. The first-order valence-corrected chi connectivity index (χ1v) is 23.4. The maximum atomic E-state index is 12.6. The molecule has 2 atom stereocenters. The summed E-state index contributed by atoms with van der Waals surface area (Å²) in [6.07, 6.45) is 52.0. The van der Waals surface area contributed by atoms with Gasteiger partial charge in [0.05, 0.1) is 17.9 Å². The number of nitrogens with one attached hydrogen (secondary N) is 1. The van der Waals surface area contributed by atoms with E-state index in [2.05, 4.69) is 67.8 Å². The van der Waals surface area contributed by atoms with Gasteiger partial charge in [-0.1, -0.05) is 204 Å². The molecule has 0 fully saturated rings. The molecule has 0 aromatic carbocycles. The molecular formula is C45H83NO5S. The van der Waals surface area contributed by atoms with E-state index in [9.17, 15) is 22.9 Å². The first-order valence-electron chi connectivity index (χ1n) is 21.8. The van der Waals surface area contributed by atoms with Crippen molar-refractivity contribution in [2.75, 3.05) is 5.75 Å². The molecule has 0 heterocycles. The number of rotatable bonds is 39. The average molecular weight is 750 g/mol. The van der Waals surface area contributed by atoms with E-state index in [0.29, 0.717) is 12.8 Å². The third kappa shape index (κ3) is 39.5. The molecule has 0 saturated carbocycles. The van der Waals surface area contributed by atoms with Gasteiger partial charge < -0.3 is 10.4 Å². The molecule has 6 nitrogen and oxygen atoms in total. The second kappa shape index (κ2) is 39.0. The predicted octanol–water partition coefficient (Wildman–Crippen LogP) is 13.1. The van der Waals surface area contributed by atoms with Gasteiger partial charge in [0.15, 0.2) is 0 Å². The van der Waals surface area contributed by atoms with Crippen LogP contribution in [-0.2, 0) is 14.9 Å². The number of allylic oxidation sites excluding steroid dienone is 8. The molecule has 0 aliphatic carbocycles. The highest BCUT2D eigenvalue weighted by molar-refractivity contribution is 7.85. The monoisotopic (exact) mass is 750 g/mol. The Bertz CT molecular complexity index is 1000. The van der Waals surface area contributed by atoms with Gasteiger partial charge in [0.25, 0.3) is 10.1 Å². The molecule has 7 heteroatoms. The van der Waals surface area contributed by atoms with Crippen molar-refractivity contribution in [2.24, 2.45) is 0 Å². The zero-order valence-electron chi connectivity index (χ0n) is 33.9. The molecule has 0 radical (unpaired) electrons. The molecule has 1 amide bonds. The van der Waals surface area contributed by atoms with Gasteiger partial charge in [-0.15, -0.1) is 0 Å². The Morgan fingerprint density at radius 2 is 0.923 bits per heavy atom. The third-order valence-corrected chi connectivity index (χ3v) is 10.6. The Morgan fingerprint density at radius 3 is 1.37 bits per heavy atom. The highest BCUT2D eigenvalue weighted by Crippen LogP contribution is 2.16. The fraction of sp³-hybridized carbons (Fsp3) is 0.800. The van der Waals surface area contributed by atoms with E-state index >= 15 is 0 Å². The molecule has 0 aromatic rings. The number of unbranched alkanes of at least 4 members (excludes halogenated alkanes) is 23. The summed E-state index contributed by atoms with van der Waals surface area (Å²) < 4.78 is 32.6. The number of hydrogen-bond acceptors (Lipinski definition) is 4. The number of carbonyl (C=O) groups is 1. The Balaban J connectivity index is 3.82. The Hall–Kier alpha value is -1.70. The van der Waals surface area contributed by atoms with Crippen LogP contribution in [0.2, 0.25) is 0 Å². The summed E-state index contributed by atoms with van der Waals surface area (Å²) in [7, 11) is -4.31. The minimum absolute atomic E-state index is 0.251. The van der Waals surface area contributed by atoms with E-state index < -0.39 is 28.0 Å². The minimum atomic E-state index is -4.31. The van der Waals surface area contributed by atoms with Crippen LogP contribution in [0.15, 0.2) is 48.6 Å². The molecule has 52 heavy (non-hydrogen) atoms. The van der Waals surface area contributed by atoms with Crippen LogP contribution in [0.1, 0.15) is 213 Å². The van der Waals surface area contributed by atoms with Gasteiger partial charge in [0.2, 0.25) is 5.91 Å². The van der Waals surface area contributed by atoms with E-state index in [4.69, 9.17) is 0 Å². The van der Waals surface area contributed by atoms with Gasteiger partial charge in [0.1, 0.15) is 0 Å². The summed E-state index contributed by atoms with van der Waals surface area (Å²) in [5.74, 6) is -0.901. The van der Waals surface area contributed by atoms with Crippen LogP contribution in [0.4, 0.5) is 0 Å². The van der Waals surface area contributed by atoms with Crippen LogP contribution in [0.5, 0.6) is 0 Å². The fourth-order valence-corrected chi connectivity index (χ4v) is 7.32. The summed E-state index contributed by atoms with van der Waals surface area (Å²) >= 11 is 0. The Kier molecular flexibility index (Phi) is 37.7. The zero-order chi connectivity index (χ0) is 38.2. The Labute approximate surface area is 322 Å². The first-order chi connectivity index (χ1) is 25.3. The average Bonchev–Trinajstić information content (AvgIpc) is 3.11. The molecule has 0 aliphatic heterocycles. The summed E-state index contributed by atoms with van der Waals surface area (Å²) in [4.78, 5) is 12.6. The lowest BCUT2D eigenvalue weighted by molar-refractivity contribution is -0.122. The standard InChI is InChI=1S/C45H83NO5S/c1-3-5-7-9-11-13-15-17-19-20-21-22-23-24-25-26-27-29-31-33-35-37-39-41-45(48)46-43(42-52(49,50)51)44(47)40-38-36-34-32-30-28-18-16-14-12-10-8-6-4-2/h5,7,11,13,17,19,21-22,43-44,47H,3-4,6,8-10,12,14-16,18,20,23-42H2,1-2H3,(H,46,48)(H,49,50,51)/b7-5-,13-11-,19-17-,22-21-. The number of aliphatic hydroxyl groups excluding tert-OH is 1. The van der Waals surface area contributed by atoms with Crippen molar-refractivity contribution in [3.8, 4) is 0 Å². The zero-order valence-corrected chi connectivity index (χ0v) is 34.7. The van der Waals surface area contributed by atoms with E-state index in [-0.39, 0.29) is 5.91 Å². The van der Waals surface area contributed by atoms with Crippen molar-refractivity contribution in [3.63, 3.8) is 0 Å². The molecular weight excluding hydrogens is 667 g/mol. The third-order valence-electron chi connectivity index (χ3n) is 9.80. The van der Waals surface area contributed by atoms with Crippen LogP contribution in [-0.4, -0.2) is 41.9 Å². The quantitative estimate of drug-likeness (QED) is 0.0330. The molecule has 0 aliphatic rings. The maximum absolute atomic E-state index is 12.6. The normalized spacial score (nSPS) is 13.7. The second-order valence-electron chi connectivity index (χ2n) is 14.9. The van der Waals surface area contributed by atoms with Gasteiger partial charge in [-0.3, -0.25) is 9.35 Å². The van der Waals surface area contributed by atoms with Crippen molar-refractivity contribution in [1.82, 2.24) is 5.32 Å². The molecule has 304 valence electrons. The molecule has 0 bridgehead atoms. The highest BCUT2D eigenvalue weighted by atomic mass is 32.2. The maximum Gasteiger partial charge on any atom is 0.266 e. The van der Waals surface area contributed by atoms with Gasteiger partial charge in [-0.2, -0.15) is 8.42 Å². The Morgan fingerprint density at radius 1 is 0.538 bits per heavy atom. The van der Waals surface area contributed by atoms with E-state index in [1.807, 2.05) is 0 Å². The van der Waals surface area contributed by atoms with Crippen LogP contribution >= 0.6 is 0 Å². The van der Waals surface area contributed by atoms with E-state index in [1.165, 1.54) is 122 Å². The van der Waals surface area contributed by atoms with Crippen molar-refractivity contribution in [1.29, 1.82) is 0 Å². The smallest absolute Gasteiger partial charge is 0.266 e. The number of hydrogen-bond donors (Lipinski definition) is 3. The number of amides is 1. The lowest BCUT2D eigenvalue weighted by Crippen LogP contribution is -2.47. The molecule has 0 spiro atoms. The molecule has 3 N–H and O–H groups in total. The van der Waals surface area contributed by atoms with Gasteiger partial charge in [-0.25, -0.2) is 0 Å². The van der Waals surface area contributed by atoms with Crippen molar-refractivity contribution >= 4 is 16.0 Å². The first kappa shape index (κ1) is 50.3. The predicted molar refractivity (Wildman–Crippen MR) is 225 cm³/mol. The van der Waals surface area contributed by atoms with Crippen LogP contribution in [0, 0.1) is 0 Å². The van der Waals surface area contributed by atoms with Crippen molar-refractivity contribution in [3.05, 3.63) is 48.6 Å². The van der Waals surface area contributed by atoms with Crippen molar-refractivity contribution in [2.45, 2.75) is 225 Å². The molecule has 0 saturated heterocycles. The van der Waals surface area contributed by atoms with Crippen LogP contribution in [0.3, 0.4) is 0 Å². The second-order valence-corrected chi connectivity index (χ2v) is 16.4. The summed E-state index contributed by atoms with van der Waals surface area (Å²) in [5.41, 5.74) is 0. The van der Waals surface area contributed by atoms with Gasteiger partial charge in [0, 0.05) is 6.42 Å². The van der Waals surface area contributed by atoms with Crippen LogP contribution < -0.4 is 5.32 Å². The van der Waals surface area contributed by atoms with Gasteiger partial charge >= 0.3 is 0 Å². The van der Waals surface area contributed by atoms with Crippen LogP contribution in [0.25, 0.3) is 0 Å². The molecule has 0 aromatic heterocycles. The molecule has 0 rings (SSSR count).